The van der Waals surface area contributed by atoms with E-state index in [2.05, 4.69) is 12.2 Å². The number of rotatable bonds is 21. The van der Waals surface area contributed by atoms with E-state index in [0.29, 0.717) is 12.8 Å². The molecular formula is C32H58N2O8. The summed E-state index contributed by atoms with van der Waals surface area (Å²) in [6.45, 7) is 6.23. The summed E-state index contributed by atoms with van der Waals surface area (Å²) in [5.74, 6) is -1.29. The van der Waals surface area contributed by atoms with Crippen molar-refractivity contribution in [2.45, 2.75) is 147 Å². The van der Waals surface area contributed by atoms with Crippen molar-refractivity contribution in [3.8, 4) is 0 Å². The largest absolute Gasteiger partial charge is 0.460 e. The molecule has 10 nitrogen and oxygen atoms in total. The second kappa shape index (κ2) is 21.6. The van der Waals surface area contributed by atoms with Gasteiger partial charge in [-0.15, -0.1) is 0 Å². The van der Waals surface area contributed by atoms with Crippen LogP contribution in [-0.4, -0.2) is 95.3 Å². The molecule has 1 rings (SSSR count). The van der Waals surface area contributed by atoms with Gasteiger partial charge in [-0.3, -0.25) is 14.4 Å². The number of unbranched alkanes of at least 4 members (excludes halogenated alkanes) is 10. The summed E-state index contributed by atoms with van der Waals surface area (Å²) >= 11 is 0. The number of likely N-dealkylation sites (tertiary alicyclic amines) is 1. The van der Waals surface area contributed by atoms with Crippen LogP contribution in [0.2, 0.25) is 0 Å². The van der Waals surface area contributed by atoms with Crippen molar-refractivity contribution in [1.82, 2.24) is 10.2 Å². The van der Waals surface area contributed by atoms with Gasteiger partial charge < -0.3 is 35.0 Å². The molecule has 0 aliphatic carbocycles. The van der Waals surface area contributed by atoms with E-state index in [1.165, 1.54) is 69.5 Å². The Balaban J connectivity index is 2.47. The van der Waals surface area contributed by atoms with Gasteiger partial charge in [0.15, 0.2) is 6.10 Å². The molecule has 10 heteroatoms. The number of likely N-dealkylation sites (N-methyl/N-ethyl adjacent to an activating group) is 1. The Morgan fingerprint density at radius 1 is 0.929 bits per heavy atom. The van der Waals surface area contributed by atoms with Crippen LogP contribution < -0.4 is 5.32 Å². The highest BCUT2D eigenvalue weighted by Crippen LogP contribution is 2.18. The Labute approximate surface area is 253 Å². The molecule has 0 saturated carbocycles. The molecule has 0 bridgehead atoms. The van der Waals surface area contributed by atoms with Gasteiger partial charge in [0.2, 0.25) is 5.91 Å². The summed E-state index contributed by atoms with van der Waals surface area (Å²) in [6, 6.07) is -0.911. The average Bonchev–Trinajstić information content (AvgIpc) is 3.07. The van der Waals surface area contributed by atoms with E-state index in [9.17, 15) is 29.7 Å². The van der Waals surface area contributed by atoms with Crippen LogP contribution in [0.25, 0.3) is 0 Å². The van der Waals surface area contributed by atoms with Crippen LogP contribution in [-0.2, 0) is 23.9 Å². The zero-order valence-electron chi connectivity index (χ0n) is 26.6. The SMILES string of the molecule is CCCCCCCCCCCCCC(=O)OC1CCC(NC(=O)C(OC)C(O)C(O)C(O)/C=C/C(C)C)C(=O)N(C)C1. The fraction of sp³-hybridized carbons (Fsp3) is 0.844. The first-order valence-electron chi connectivity index (χ1n) is 16.0. The topological polar surface area (TPSA) is 146 Å². The zero-order valence-corrected chi connectivity index (χ0v) is 26.6. The number of nitrogens with zero attached hydrogens (tertiary/aromatic N) is 1. The summed E-state index contributed by atoms with van der Waals surface area (Å²) in [5, 5.41) is 33.6. The monoisotopic (exact) mass is 598 g/mol. The van der Waals surface area contributed by atoms with Gasteiger partial charge in [0, 0.05) is 20.6 Å². The Morgan fingerprint density at radius 3 is 2.05 bits per heavy atom. The van der Waals surface area contributed by atoms with Crippen molar-refractivity contribution >= 4 is 17.8 Å². The smallest absolute Gasteiger partial charge is 0.306 e. The van der Waals surface area contributed by atoms with E-state index in [1.807, 2.05) is 13.8 Å². The summed E-state index contributed by atoms with van der Waals surface area (Å²) < 4.78 is 10.8. The fourth-order valence-corrected chi connectivity index (χ4v) is 5.12. The van der Waals surface area contributed by atoms with Crippen molar-refractivity contribution in [3.05, 3.63) is 12.2 Å². The van der Waals surface area contributed by atoms with E-state index in [4.69, 9.17) is 9.47 Å². The van der Waals surface area contributed by atoms with Crippen molar-refractivity contribution in [3.63, 3.8) is 0 Å². The molecule has 1 fully saturated rings. The van der Waals surface area contributed by atoms with E-state index in [-0.39, 0.29) is 30.8 Å². The van der Waals surface area contributed by atoms with Gasteiger partial charge in [-0.05, 0) is 25.2 Å². The number of aliphatic hydroxyl groups is 3. The fourth-order valence-electron chi connectivity index (χ4n) is 5.12. The first kappa shape index (κ1) is 38.0. The van der Waals surface area contributed by atoms with Crippen LogP contribution in [0.1, 0.15) is 111 Å². The minimum atomic E-state index is -1.73. The molecule has 1 heterocycles. The highest BCUT2D eigenvalue weighted by molar-refractivity contribution is 5.89. The van der Waals surface area contributed by atoms with Gasteiger partial charge in [-0.1, -0.05) is 97.1 Å². The van der Waals surface area contributed by atoms with Crippen LogP contribution in [0.3, 0.4) is 0 Å². The standard InChI is InChI=1S/C32H58N2O8/c1-6-7-8-9-10-11-12-13-14-15-16-17-27(36)42-24-19-20-25(32(40)34(4)22-24)33-31(39)30(41-5)29(38)28(37)26(35)21-18-23(2)3/h18,21,23-26,28-30,35,37-38H,6-17,19-20,22H2,1-5H3,(H,33,39)/b21-18+. The summed E-state index contributed by atoms with van der Waals surface area (Å²) in [6.07, 6.45) is 10.4. The molecule has 0 aromatic carbocycles. The lowest BCUT2D eigenvalue weighted by Gasteiger charge is -2.28. The van der Waals surface area contributed by atoms with Gasteiger partial charge in [0.1, 0.15) is 30.5 Å². The number of aliphatic hydroxyl groups excluding tert-OH is 3. The predicted octanol–water partition coefficient (Wildman–Crippen LogP) is 3.65. The van der Waals surface area contributed by atoms with Gasteiger partial charge in [0.05, 0.1) is 6.54 Å². The second-order valence-corrected chi connectivity index (χ2v) is 12.0. The number of carbonyl (C=O) groups excluding carboxylic acids is 3. The molecule has 6 unspecified atom stereocenters. The van der Waals surface area contributed by atoms with Crippen molar-refractivity contribution in [2.24, 2.45) is 5.92 Å². The lowest BCUT2D eigenvalue weighted by molar-refractivity contribution is -0.151. The van der Waals surface area contributed by atoms with Gasteiger partial charge in [0.25, 0.3) is 5.91 Å². The Hall–Kier alpha value is -2.01. The van der Waals surface area contributed by atoms with E-state index < -0.39 is 42.5 Å². The number of nitrogens with one attached hydrogen (secondary N) is 1. The van der Waals surface area contributed by atoms with Crippen LogP contribution in [0.4, 0.5) is 0 Å². The van der Waals surface area contributed by atoms with Crippen LogP contribution >= 0.6 is 0 Å². The van der Waals surface area contributed by atoms with Gasteiger partial charge in [-0.2, -0.15) is 0 Å². The third-order valence-electron chi connectivity index (χ3n) is 7.74. The second-order valence-electron chi connectivity index (χ2n) is 12.0. The minimum Gasteiger partial charge on any atom is -0.460 e. The predicted molar refractivity (Wildman–Crippen MR) is 163 cm³/mol. The van der Waals surface area contributed by atoms with Crippen LogP contribution in [0.15, 0.2) is 12.2 Å². The van der Waals surface area contributed by atoms with Crippen LogP contribution in [0.5, 0.6) is 0 Å². The molecule has 0 radical (unpaired) electrons. The van der Waals surface area contributed by atoms with Crippen molar-refractivity contribution < 1.29 is 39.2 Å². The molecule has 2 amide bonds. The van der Waals surface area contributed by atoms with E-state index >= 15 is 0 Å². The van der Waals surface area contributed by atoms with Crippen LogP contribution in [0, 0.1) is 5.92 Å². The molecule has 1 saturated heterocycles. The normalized spacial score (nSPS) is 20.8. The third kappa shape index (κ3) is 14.9. The summed E-state index contributed by atoms with van der Waals surface area (Å²) in [4.78, 5) is 39.7. The maximum absolute atomic E-state index is 12.9. The highest BCUT2D eigenvalue weighted by Gasteiger charge is 2.38. The lowest BCUT2D eigenvalue weighted by atomic mass is 10.00. The molecule has 4 N–H and O–H groups in total. The maximum Gasteiger partial charge on any atom is 0.306 e. The molecule has 42 heavy (non-hydrogen) atoms. The third-order valence-corrected chi connectivity index (χ3v) is 7.74. The number of ether oxygens (including phenoxy) is 2. The first-order valence-corrected chi connectivity index (χ1v) is 16.0. The van der Waals surface area contributed by atoms with Gasteiger partial charge in [-0.25, -0.2) is 0 Å². The van der Waals surface area contributed by atoms with Crippen molar-refractivity contribution in [1.29, 1.82) is 0 Å². The highest BCUT2D eigenvalue weighted by atomic mass is 16.5. The number of allylic oxidation sites excluding steroid dienone is 1. The number of amides is 2. The van der Waals surface area contributed by atoms with Crippen molar-refractivity contribution in [2.75, 3.05) is 20.7 Å². The number of methoxy groups -OCH3 is 1. The lowest BCUT2D eigenvalue weighted by Crippen LogP contribution is -2.55. The quantitative estimate of drug-likeness (QED) is 0.0890. The number of esters is 1. The molecule has 0 aromatic heterocycles. The number of hydrogen-bond acceptors (Lipinski definition) is 8. The number of carbonyl (C=O) groups is 3. The molecule has 0 spiro atoms. The molecule has 1 aliphatic rings. The molecule has 244 valence electrons. The molecular weight excluding hydrogens is 540 g/mol. The average molecular weight is 599 g/mol. The molecule has 0 aromatic rings. The Morgan fingerprint density at radius 2 is 1.50 bits per heavy atom. The zero-order chi connectivity index (χ0) is 31.5. The number of hydrogen-bond donors (Lipinski definition) is 4. The Kier molecular flexibility index (Phi) is 19.6. The van der Waals surface area contributed by atoms with Gasteiger partial charge >= 0.3 is 5.97 Å². The summed E-state index contributed by atoms with van der Waals surface area (Å²) in [7, 11) is 2.78. The maximum atomic E-state index is 12.9. The Bertz CT molecular complexity index is 805. The minimum absolute atomic E-state index is 0.122. The molecule has 1 aliphatic heterocycles. The first-order chi connectivity index (χ1) is 20.0. The van der Waals surface area contributed by atoms with E-state index in [0.717, 1.165) is 19.3 Å². The van der Waals surface area contributed by atoms with E-state index in [1.54, 1.807) is 13.1 Å². The molecule has 6 atom stereocenters. The summed E-state index contributed by atoms with van der Waals surface area (Å²) in [5.41, 5.74) is 0.